The van der Waals surface area contributed by atoms with Crippen molar-refractivity contribution in [2.24, 2.45) is 0 Å². The van der Waals surface area contributed by atoms with Gasteiger partial charge in [-0.2, -0.15) is 5.26 Å². The van der Waals surface area contributed by atoms with E-state index in [2.05, 4.69) is 16.1 Å². The molecule has 1 unspecified atom stereocenters. The number of fused-ring (bicyclic) bond motifs is 1. The van der Waals surface area contributed by atoms with Crippen LogP contribution >= 0.6 is 23.6 Å². The minimum atomic E-state index is -3.73. The average molecular weight is 456 g/mol. The van der Waals surface area contributed by atoms with E-state index in [1.807, 2.05) is 19.1 Å². The number of benzene rings is 2. The third kappa shape index (κ3) is 4.16. The van der Waals surface area contributed by atoms with Crippen LogP contribution in [-0.4, -0.2) is 19.7 Å². The summed E-state index contributed by atoms with van der Waals surface area (Å²) in [5, 5.41) is 14.2. The van der Waals surface area contributed by atoms with Crippen LogP contribution in [0.5, 0.6) is 0 Å². The molecular formula is C21H17N3O3S3. The van der Waals surface area contributed by atoms with Gasteiger partial charge in [-0.25, -0.2) is 8.42 Å². The van der Waals surface area contributed by atoms with E-state index in [-0.39, 0.29) is 15.5 Å². The SMILES string of the molecule is CC1Cc2cc(NS(=O)(=O)c3cccs3)c(-c3ccc(C#N)cc3)cc2NC(=S)O1. The van der Waals surface area contributed by atoms with Crippen LogP contribution in [0.2, 0.25) is 0 Å². The molecule has 152 valence electrons. The van der Waals surface area contributed by atoms with Gasteiger partial charge in [0.05, 0.1) is 17.3 Å². The van der Waals surface area contributed by atoms with Crippen molar-refractivity contribution in [2.75, 3.05) is 10.0 Å². The van der Waals surface area contributed by atoms with Crippen molar-refractivity contribution in [2.45, 2.75) is 23.7 Å². The predicted octanol–water partition coefficient (Wildman–Crippen LogP) is 4.75. The third-order valence-corrected chi connectivity index (χ3v) is 7.59. The first kappa shape index (κ1) is 20.3. The van der Waals surface area contributed by atoms with Crippen LogP contribution in [-0.2, 0) is 21.2 Å². The molecule has 2 aromatic carbocycles. The van der Waals surface area contributed by atoms with Gasteiger partial charge in [0.15, 0.2) is 0 Å². The minimum Gasteiger partial charge on any atom is -0.467 e. The molecule has 6 nitrogen and oxygen atoms in total. The van der Waals surface area contributed by atoms with Gasteiger partial charge in [-0.05, 0) is 66.0 Å². The van der Waals surface area contributed by atoms with Crippen molar-refractivity contribution in [3.8, 4) is 17.2 Å². The predicted molar refractivity (Wildman–Crippen MR) is 122 cm³/mol. The zero-order valence-electron chi connectivity index (χ0n) is 15.9. The Labute approximate surface area is 184 Å². The standard InChI is InChI=1S/C21H17N3O3S3/c1-13-9-16-10-19(24-30(25,26)20-3-2-8-29-20)17(11-18(16)23-21(28)27-13)15-6-4-14(12-22)5-7-15/h2-8,10-11,13,24H,9H2,1H3,(H,23,28). The highest BCUT2D eigenvalue weighted by molar-refractivity contribution is 7.94. The van der Waals surface area contributed by atoms with Crippen molar-refractivity contribution in [3.05, 3.63) is 65.0 Å². The van der Waals surface area contributed by atoms with E-state index >= 15 is 0 Å². The number of nitriles is 1. The Morgan fingerprint density at radius 3 is 2.70 bits per heavy atom. The Bertz CT molecular complexity index is 1250. The number of ether oxygens (including phenoxy) is 1. The number of anilines is 2. The quantitative estimate of drug-likeness (QED) is 0.552. The van der Waals surface area contributed by atoms with E-state index in [4.69, 9.17) is 22.2 Å². The second-order valence-electron chi connectivity index (χ2n) is 6.83. The molecule has 0 saturated heterocycles. The summed E-state index contributed by atoms with van der Waals surface area (Å²) in [6, 6.07) is 16.0. The Morgan fingerprint density at radius 2 is 2.03 bits per heavy atom. The van der Waals surface area contributed by atoms with E-state index in [1.165, 1.54) is 0 Å². The molecule has 0 aliphatic carbocycles. The zero-order chi connectivity index (χ0) is 21.3. The fourth-order valence-electron chi connectivity index (χ4n) is 3.26. The van der Waals surface area contributed by atoms with Gasteiger partial charge in [0.2, 0.25) is 0 Å². The highest BCUT2D eigenvalue weighted by Gasteiger charge is 2.23. The van der Waals surface area contributed by atoms with Crippen molar-refractivity contribution < 1.29 is 13.2 Å². The summed E-state index contributed by atoms with van der Waals surface area (Å²) < 4.78 is 34.4. The molecule has 0 spiro atoms. The van der Waals surface area contributed by atoms with E-state index < -0.39 is 10.0 Å². The second kappa shape index (κ2) is 8.07. The maximum atomic E-state index is 12.9. The summed E-state index contributed by atoms with van der Waals surface area (Å²) in [7, 11) is -3.73. The number of nitrogens with one attached hydrogen (secondary N) is 2. The third-order valence-electron chi connectivity index (χ3n) is 4.62. The molecule has 2 N–H and O–H groups in total. The van der Waals surface area contributed by atoms with Crippen molar-refractivity contribution >= 4 is 50.1 Å². The Hall–Kier alpha value is -2.93. The molecule has 0 bridgehead atoms. The normalized spacial score (nSPS) is 15.9. The monoisotopic (exact) mass is 455 g/mol. The van der Waals surface area contributed by atoms with Crippen LogP contribution in [0.4, 0.5) is 11.4 Å². The molecule has 9 heteroatoms. The lowest BCUT2D eigenvalue weighted by atomic mass is 9.97. The van der Waals surface area contributed by atoms with Crippen LogP contribution in [0, 0.1) is 11.3 Å². The van der Waals surface area contributed by atoms with Crippen molar-refractivity contribution in [1.82, 2.24) is 0 Å². The van der Waals surface area contributed by atoms with E-state index in [9.17, 15) is 8.42 Å². The Morgan fingerprint density at radius 1 is 1.27 bits per heavy atom. The fourth-order valence-corrected chi connectivity index (χ4v) is 5.60. The Balaban J connectivity index is 1.85. The summed E-state index contributed by atoms with van der Waals surface area (Å²) in [5.74, 6) is 0. The minimum absolute atomic E-state index is 0.145. The lowest BCUT2D eigenvalue weighted by Gasteiger charge is -2.17. The first-order chi connectivity index (χ1) is 14.4. The van der Waals surface area contributed by atoms with Crippen LogP contribution < -0.4 is 10.0 Å². The summed E-state index contributed by atoms with van der Waals surface area (Å²) >= 11 is 6.39. The molecule has 1 aliphatic heterocycles. The van der Waals surface area contributed by atoms with Gasteiger partial charge in [-0.3, -0.25) is 4.72 Å². The lowest BCUT2D eigenvalue weighted by Crippen LogP contribution is -2.16. The largest absolute Gasteiger partial charge is 0.467 e. The highest BCUT2D eigenvalue weighted by Crippen LogP contribution is 2.37. The molecule has 0 saturated carbocycles. The zero-order valence-corrected chi connectivity index (χ0v) is 18.3. The molecule has 0 amide bonds. The number of rotatable bonds is 4. The molecule has 30 heavy (non-hydrogen) atoms. The molecule has 1 atom stereocenters. The van der Waals surface area contributed by atoms with Gasteiger partial charge in [-0.1, -0.05) is 18.2 Å². The lowest BCUT2D eigenvalue weighted by molar-refractivity contribution is 0.217. The van der Waals surface area contributed by atoms with Crippen molar-refractivity contribution in [3.63, 3.8) is 0 Å². The van der Waals surface area contributed by atoms with Gasteiger partial charge < -0.3 is 10.1 Å². The fraction of sp³-hybridized carbons (Fsp3) is 0.143. The van der Waals surface area contributed by atoms with Crippen LogP contribution in [0.3, 0.4) is 0 Å². The first-order valence-electron chi connectivity index (χ1n) is 9.07. The smallest absolute Gasteiger partial charge is 0.271 e. The van der Waals surface area contributed by atoms with E-state index in [1.54, 1.807) is 41.8 Å². The van der Waals surface area contributed by atoms with E-state index in [0.29, 0.717) is 23.2 Å². The molecule has 1 aliphatic rings. The second-order valence-corrected chi connectivity index (χ2v) is 10.1. The molecule has 4 rings (SSSR count). The molecule has 2 heterocycles. The van der Waals surface area contributed by atoms with Gasteiger partial charge in [0, 0.05) is 17.7 Å². The number of hydrogen-bond acceptors (Lipinski definition) is 6. The molecule has 3 aromatic rings. The van der Waals surface area contributed by atoms with Crippen LogP contribution in [0.1, 0.15) is 18.1 Å². The van der Waals surface area contributed by atoms with Crippen LogP contribution in [0.15, 0.2) is 58.1 Å². The molecule has 0 fully saturated rings. The maximum absolute atomic E-state index is 12.9. The van der Waals surface area contributed by atoms with Gasteiger partial charge in [-0.15, -0.1) is 11.3 Å². The number of sulfonamides is 1. The number of thiophene rings is 1. The van der Waals surface area contributed by atoms with Gasteiger partial charge in [0.25, 0.3) is 15.2 Å². The number of thiocarbonyl (C=S) groups is 1. The Kier molecular flexibility index (Phi) is 5.47. The molecule has 1 aromatic heterocycles. The average Bonchev–Trinajstić information content (AvgIpc) is 3.21. The topological polar surface area (TPSA) is 91.2 Å². The van der Waals surface area contributed by atoms with Gasteiger partial charge in [0.1, 0.15) is 10.3 Å². The number of hydrogen-bond donors (Lipinski definition) is 2. The van der Waals surface area contributed by atoms with Crippen molar-refractivity contribution in [1.29, 1.82) is 5.26 Å². The highest BCUT2D eigenvalue weighted by atomic mass is 32.2. The summed E-state index contributed by atoms with van der Waals surface area (Å²) in [6.45, 7) is 1.91. The first-order valence-corrected chi connectivity index (χ1v) is 11.8. The summed E-state index contributed by atoms with van der Waals surface area (Å²) in [4.78, 5) is 0. The molecular weight excluding hydrogens is 438 g/mol. The van der Waals surface area contributed by atoms with E-state index in [0.717, 1.165) is 28.2 Å². The molecule has 0 radical (unpaired) electrons. The van der Waals surface area contributed by atoms with Crippen LogP contribution in [0.25, 0.3) is 11.1 Å². The summed E-state index contributed by atoms with van der Waals surface area (Å²) in [5.41, 5.74) is 4.07. The number of nitrogens with zero attached hydrogens (tertiary/aromatic N) is 1. The maximum Gasteiger partial charge on any atom is 0.271 e. The summed E-state index contributed by atoms with van der Waals surface area (Å²) in [6.07, 6.45) is 0.429. The van der Waals surface area contributed by atoms with Gasteiger partial charge >= 0.3 is 0 Å².